The zero-order valence-corrected chi connectivity index (χ0v) is 18.2. The number of hydrogen-bond donors (Lipinski definition) is 1. The van der Waals surface area contributed by atoms with Crippen molar-refractivity contribution in [2.24, 2.45) is 0 Å². The molecule has 8 heteroatoms. The molecule has 1 fully saturated rings. The molecule has 2 aromatic carbocycles. The van der Waals surface area contributed by atoms with Crippen molar-refractivity contribution in [3.8, 4) is 5.75 Å². The standard InChI is InChI=1S/C22H28N2O5S/c1-28-20-9-5-4-8-19(20)21(29-2)16-23-22(25)17-10-12-18(13-11-17)30(26,27)24-14-6-3-7-15-24/h4-5,8-13,21H,3,6-7,14-16H2,1-2H3,(H,23,25). The van der Waals surface area contributed by atoms with Crippen LogP contribution in [-0.4, -0.2) is 52.5 Å². The Labute approximate surface area is 178 Å². The quantitative estimate of drug-likeness (QED) is 0.693. The van der Waals surface area contributed by atoms with Gasteiger partial charge >= 0.3 is 0 Å². The second-order valence-electron chi connectivity index (χ2n) is 7.17. The molecule has 0 bridgehead atoms. The largest absolute Gasteiger partial charge is 0.496 e. The minimum atomic E-state index is -3.51. The number of carbonyl (C=O) groups is 1. The highest BCUT2D eigenvalue weighted by atomic mass is 32.2. The lowest BCUT2D eigenvalue weighted by molar-refractivity contribution is 0.0819. The summed E-state index contributed by atoms with van der Waals surface area (Å²) in [7, 11) is -0.350. The average molecular weight is 433 g/mol. The number of carbonyl (C=O) groups excluding carboxylic acids is 1. The van der Waals surface area contributed by atoms with E-state index in [1.165, 1.54) is 28.6 Å². The Morgan fingerprint density at radius 3 is 2.33 bits per heavy atom. The second kappa shape index (κ2) is 10.1. The fraction of sp³-hybridized carbons (Fsp3) is 0.409. The van der Waals surface area contributed by atoms with Crippen LogP contribution in [0.5, 0.6) is 5.75 Å². The lowest BCUT2D eigenvalue weighted by Gasteiger charge is -2.25. The summed E-state index contributed by atoms with van der Waals surface area (Å²) in [5, 5.41) is 2.84. The summed E-state index contributed by atoms with van der Waals surface area (Å²) in [6.45, 7) is 1.35. The molecule has 0 aliphatic carbocycles. The molecular formula is C22H28N2O5S. The number of sulfonamides is 1. The number of nitrogens with zero attached hydrogens (tertiary/aromatic N) is 1. The summed E-state index contributed by atoms with van der Waals surface area (Å²) >= 11 is 0. The number of amides is 1. The predicted molar refractivity (Wildman–Crippen MR) is 114 cm³/mol. The van der Waals surface area contributed by atoms with Gasteiger partial charge in [-0.3, -0.25) is 4.79 Å². The van der Waals surface area contributed by atoms with E-state index in [2.05, 4.69) is 5.32 Å². The van der Waals surface area contributed by atoms with Crippen LogP contribution in [0, 0.1) is 0 Å². The van der Waals surface area contributed by atoms with Gasteiger partial charge in [0.2, 0.25) is 10.0 Å². The zero-order valence-electron chi connectivity index (χ0n) is 17.3. The maximum atomic E-state index is 12.7. The van der Waals surface area contributed by atoms with E-state index in [1.54, 1.807) is 14.2 Å². The van der Waals surface area contributed by atoms with E-state index >= 15 is 0 Å². The molecule has 30 heavy (non-hydrogen) atoms. The Morgan fingerprint density at radius 1 is 1.03 bits per heavy atom. The molecule has 0 aromatic heterocycles. The maximum Gasteiger partial charge on any atom is 0.251 e. The highest BCUT2D eigenvalue weighted by molar-refractivity contribution is 7.89. The van der Waals surface area contributed by atoms with Gasteiger partial charge in [-0.1, -0.05) is 24.6 Å². The smallest absolute Gasteiger partial charge is 0.251 e. The van der Waals surface area contributed by atoms with Crippen LogP contribution in [0.3, 0.4) is 0 Å². The molecule has 1 atom stereocenters. The van der Waals surface area contributed by atoms with Crippen molar-refractivity contribution in [2.45, 2.75) is 30.3 Å². The van der Waals surface area contributed by atoms with Crippen LogP contribution in [0.25, 0.3) is 0 Å². The minimum Gasteiger partial charge on any atom is -0.496 e. The van der Waals surface area contributed by atoms with Gasteiger partial charge < -0.3 is 14.8 Å². The summed E-state index contributed by atoms with van der Waals surface area (Å²) in [5.74, 6) is 0.389. The van der Waals surface area contributed by atoms with Crippen molar-refractivity contribution >= 4 is 15.9 Å². The lowest BCUT2D eigenvalue weighted by Crippen LogP contribution is -2.35. The number of hydrogen-bond acceptors (Lipinski definition) is 5. The molecule has 1 amide bonds. The van der Waals surface area contributed by atoms with Crippen LogP contribution in [-0.2, 0) is 14.8 Å². The first kappa shape index (κ1) is 22.3. The third-order valence-electron chi connectivity index (χ3n) is 5.29. The second-order valence-corrected chi connectivity index (χ2v) is 9.10. The van der Waals surface area contributed by atoms with E-state index in [0.29, 0.717) is 24.4 Å². The summed E-state index contributed by atoms with van der Waals surface area (Å²) in [6.07, 6.45) is 2.45. The topological polar surface area (TPSA) is 84.9 Å². The average Bonchev–Trinajstić information content (AvgIpc) is 2.80. The molecule has 3 rings (SSSR count). The lowest BCUT2D eigenvalue weighted by atomic mass is 10.1. The Morgan fingerprint density at radius 2 is 1.70 bits per heavy atom. The van der Waals surface area contributed by atoms with E-state index in [0.717, 1.165) is 24.8 Å². The van der Waals surface area contributed by atoms with Gasteiger partial charge in [-0.05, 0) is 43.2 Å². The van der Waals surface area contributed by atoms with E-state index in [4.69, 9.17) is 9.47 Å². The van der Waals surface area contributed by atoms with Gasteiger partial charge in [0.1, 0.15) is 11.9 Å². The molecule has 7 nitrogen and oxygen atoms in total. The van der Waals surface area contributed by atoms with Crippen molar-refractivity contribution in [2.75, 3.05) is 33.9 Å². The van der Waals surface area contributed by atoms with Gasteiger partial charge in [-0.25, -0.2) is 8.42 Å². The molecule has 162 valence electrons. The summed E-state index contributed by atoms with van der Waals surface area (Å²) in [4.78, 5) is 12.8. The van der Waals surface area contributed by atoms with Gasteiger partial charge in [-0.2, -0.15) is 4.31 Å². The SMILES string of the molecule is COc1ccccc1C(CNC(=O)c1ccc(S(=O)(=O)N2CCCCC2)cc1)OC. The summed E-state index contributed by atoms with van der Waals surface area (Å²) < 4.78 is 37.9. The summed E-state index contributed by atoms with van der Waals surface area (Å²) in [6, 6.07) is 13.5. The van der Waals surface area contributed by atoms with Gasteiger partial charge in [0.25, 0.3) is 5.91 Å². The van der Waals surface area contributed by atoms with Gasteiger partial charge in [0, 0.05) is 37.9 Å². The first-order valence-electron chi connectivity index (χ1n) is 10.0. The van der Waals surface area contributed by atoms with Crippen LogP contribution in [0.15, 0.2) is 53.4 Å². The molecular weight excluding hydrogens is 404 g/mol. The molecule has 0 spiro atoms. The van der Waals surface area contributed by atoms with Gasteiger partial charge in [0.15, 0.2) is 0 Å². The van der Waals surface area contributed by atoms with E-state index in [-0.39, 0.29) is 23.5 Å². The molecule has 1 unspecified atom stereocenters. The molecule has 1 N–H and O–H groups in total. The van der Waals surface area contributed by atoms with E-state index in [1.807, 2.05) is 24.3 Å². The number of rotatable bonds is 8. The van der Waals surface area contributed by atoms with Crippen molar-refractivity contribution in [3.05, 3.63) is 59.7 Å². The fourth-order valence-corrected chi connectivity index (χ4v) is 5.09. The molecule has 2 aromatic rings. The molecule has 1 saturated heterocycles. The molecule has 0 saturated carbocycles. The van der Waals surface area contributed by atoms with Gasteiger partial charge in [-0.15, -0.1) is 0 Å². The maximum absolute atomic E-state index is 12.7. The Bertz CT molecular complexity index is 954. The van der Waals surface area contributed by atoms with Crippen molar-refractivity contribution < 1.29 is 22.7 Å². The van der Waals surface area contributed by atoms with Crippen molar-refractivity contribution in [1.29, 1.82) is 0 Å². The number of para-hydroxylation sites is 1. The Kier molecular flexibility index (Phi) is 7.47. The zero-order chi connectivity index (χ0) is 21.6. The van der Waals surface area contributed by atoms with E-state index in [9.17, 15) is 13.2 Å². The fourth-order valence-electron chi connectivity index (χ4n) is 3.57. The number of nitrogens with one attached hydrogen (secondary N) is 1. The highest BCUT2D eigenvalue weighted by Crippen LogP contribution is 2.26. The normalized spacial score (nSPS) is 16.1. The van der Waals surface area contributed by atoms with Crippen LogP contribution in [0.2, 0.25) is 0 Å². The number of benzene rings is 2. The number of piperidine rings is 1. The Balaban J connectivity index is 1.65. The van der Waals surface area contributed by atoms with Crippen LogP contribution >= 0.6 is 0 Å². The van der Waals surface area contributed by atoms with Crippen molar-refractivity contribution in [3.63, 3.8) is 0 Å². The van der Waals surface area contributed by atoms with Crippen LogP contribution in [0.4, 0.5) is 0 Å². The van der Waals surface area contributed by atoms with E-state index < -0.39 is 10.0 Å². The molecule has 1 heterocycles. The summed E-state index contributed by atoms with van der Waals surface area (Å²) in [5.41, 5.74) is 1.23. The third kappa shape index (κ3) is 5.00. The van der Waals surface area contributed by atoms with Crippen molar-refractivity contribution in [1.82, 2.24) is 9.62 Å². The Hall–Kier alpha value is -2.42. The number of ether oxygens (including phenoxy) is 2. The predicted octanol–water partition coefficient (Wildman–Crippen LogP) is 2.99. The first-order chi connectivity index (χ1) is 14.5. The van der Waals surface area contributed by atoms with Gasteiger partial charge in [0.05, 0.1) is 12.0 Å². The third-order valence-corrected chi connectivity index (χ3v) is 7.20. The number of methoxy groups -OCH3 is 2. The minimum absolute atomic E-state index is 0.213. The first-order valence-corrected chi connectivity index (χ1v) is 11.5. The molecule has 1 aliphatic heterocycles. The van der Waals surface area contributed by atoms with Crippen LogP contribution < -0.4 is 10.1 Å². The molecule has 1 aliphatic rings. The monoisotopic (exact) mass is 432 g/mol. The van der Waals surface area contributed by atoms with Crippen LogP contribution in [0.1, 0.15) is 41.3 Å². The molecule has 0 radical (unpaired) electrons. The highest BCUT2D eigenvalue weighted by Gasteiger charge is 2.26.